The summed E-state index contributed by atoms with van der Waals surface area (Å²) in [6.45, 7) is 5.39. The molecule has 0 saturated carbocycles. The molecule has 6 heteroatoms. The molecule has 0 aliphatic carbocycles. The molecule has 4 heterocycles. The minimum Gasteiger partial charge on any atom is -0.436 e. The van der Waals surface area contributed by atoms with E-state index < -0.39 is 0 Å². The standard InChI is InChI=1S/C26H33N3O3.H2/c1-3-14-32-25(31)29-21-8-9-22(29)16-23(15-21)27-12-10-26(11-13-27)18-28(19(2)30)17-20-6-4-5-7-24(20)26;/h1,4-7,21-23H,8-18H2,2H3;1H. The number of carbonyl (C=O) groups excluding carboxylic acids is 2. The van der Waals surface area contributed by atoms with E-state index in [1.807, 2.05) is 9.80 Å². The van der Waals surface area contributed by atoms with Gasteiger partial charge in [0.05, 0.1) is 0 Å². The van der Waals surface area contributed by atoms with Gasteiger partial charge in [-0.1, -0.05) is 30.2 Å². The molecule has 0 radical (unpaired) electrons. The van der Waals surface area contributed by atoms with Gasteiger partial charge in [0.25, 0.3) is 0 Å². The highest BCUT2D eigenvalue weighted by Crippen LogP contribution is 2.44. The number of amides is 2. The van der Waals surface area contributed by atoms with Crippen molar-refractivity contribution in [2.24, 2.45) is 0 Å². The molecule has 5 rings (SSSR count). The van der Waals surface area contributed by atoms with Crippen LogP contribution < -0.4 is 0 Å². The van der Waals surface area contributed by atoms with Gasteiger partial charge in [0.15, 0.2) is 6.61 Å². The van der Waals surface area contributed by atoms with Crippen LogP contribution in [0.25, 0.3) is 0 Å². The number of likely N-dealkylation sites (tertiary alicyclic amines) is 1. The average Bonchev–Trinajstić information content (AvgIpc) is 3.07. The molecule has 1 aromatic rings. The maximum atomic E-state index is 12.5. The Morgan fingerprint density at radius 3 is 2.50 bits per heavy atom. The Labute approximate surface area is 192 Å². The number of ether oxygens (including phenoxy) is 1. The summed E-state index contributed by atoms with van der Waals surface area (Å²) in [7, 11) is 0. The summed E-state index contributed by atoms with van der Waals surface area (Å²) in [5.74, 6) is 2.56. The Morgan fingerprint density at radius 1 is 1.16 bits per heavy atom. The Hall–Kier alpha value is -2.52. The number of fused-ring (bicyclic) bond motifs is 4. The van der Waals surface area contributed by atoms with Gasteiger partial charge in [-0.05, 0) is 62.7 Å². The molecule has 4 aliphatic heterocycles. The lowest BCUT2D eigenvalue weighted by Gasteiger charge is -2.51. The monoisotopic (exact) mass is 437 g/mol. The molecule has 3 saturated heterocycles. The fraction of sp³-hybridized carbons (Fsp3) is 0.615. The summed E-state index contributed by atoms with van der Waals surface area (Å²) in [6.07, 6.45) is 11.3. The van der Waals surface area contributed by atoms with Crippen LogP contribution in [-0.2, 0) is 21.5 Å². The van der Waals surface area contributed by atoms with Crippen molar-refractivity contribution >= 4 is 12.0 Å². The van der Waals surface area contributed by atoms with Crippen molar-refractivity contribution in [1.82, 2.24) is 14.7 Å². The van der Waals surface area contributed by atoms with Crippen molar-refractivity contribution in [3.05, 3.63) is 35.4 Å². The summed E-state index contributed by atoms with van der Waals surface area (Å²) >= 11 is 0. The second-order valence-electron chi connectivity index (χ2n) is 10.0. The number of rotatable bonds is 2. The van der Waals surface area contributed by atoms with E-state index >= 15 is 0 Å². The summed E-state index contributed by atoms with van der Waals surface area (Å²) in [4.78, 5) is 31.3. The number of hydrogen-bond acceptors (Lipinski definition) is 4. The SMILES string of the molecule is C#CCOC(=O)N1C2CCC1CC(N1CCC3(CC1)CN(C(C)=O)Cc1ccccc13)C2.[HH]. The van der Waals surface area contributed by atoms with E-state index in [9.17, 15) is 9.59 Å². The van der Waals surface area contributed by atoms with Gasteiger partial charge < -0.3 is 19.4 Å². The van der Waals surface area contributed by atoms with Gasteiger partial charge in [-0.15, -0.1) is 6.42 Å². The predicted octanol–water partition coefficient (Wildman–Crippen LogP) is 3.39. The second kappa shape index (κ2) is 8.44. The van der Waals surface area contributed by atoms with Crippen LogP contribution in [0.4, 0.5) is 4.79 Å². The lowest BCUT2D eigenvalue weighted by Crippen LogP contribution is -2.57. The molecular formula is C26H35N3O3. The lowest BCUT2D eigenvalue weighted by molar-refractivity contribution is -0.131. The van der Waals surface area contributed by atoms with Gasteiger partial charge in [-0.3, -0.25) is 4.79 Å². The molecule has 6 nitrogen and oxygen atoms in total. The molecule has 0 aromatic heterocycles. The lowest BCUT2D eigenvalue weighted by atomic mass is 9.68. The van der Waals surface area contributed by atoms with Gasteiger partial charge in [0.2, 0.25) is 5.91 Å². The zero-order valence-corrected chi connectivity index (χ0v) is 19.0. The van der Waals surface area contributed by atoms with E-state index in [4.69, 9.17) is 11.2 Å². The molecular weight excluding hydrogens is 402 g/mol. The van der Waals surface area contributed by atoms with Crippen molar-refractivity contribution in [2.45, 2.75) is 75.5 Å². The first-order valence-electron chi connectivity index (χ1n) is 12.0. The molecule has 2 bridgehead atoms. The first kappa shape index (κ1) is 21.3. The molecule has 3 fully saturated rings. The maximum absolute atomic E-state index is 12.5. The van der Waals surface area contributed by atoms with Crippen LogP contribution in [0, 0.1) is 12.3 Å². The molecule has 1 aromatic carbocycles. The van der Waals surface area contributed by atoms with Crippen molar-refractivity contribution in [2.75, 3.05) is 26.2 Å². The van der Waals surface area contributed by atoms with Gasteiger partial charge in [0.1, 0.15) is 0 Å². The van der Waals surface area contributed by atoms with Crippen LogP contribution in [0.15, 0.2) is 24.3 Å². The van der Waals surface area contributed by atoms with Crippen molar-refractivity contribution in [1.29, 1.82) is 0 Å². The molecule has 1 spiro atoms. The van der Waals surface area contributed by atoms with E-state index in [0.29, 0.717) is 6.04 Å². The zero-order chi connectivity index (χ0) is 22.3. The molecule has 172 valence electrons. The van der Waals surface area contributed by atoms with Crippen LogP contribution in [0.5, 0.6) is 0 Å². The molecule has 2 unspecified atom stereocenters. The number of carbonyl (C=O) groups is 2. The Balaban J connectivity index is 0.00000259. The number of hydrogen-bond donors (Lipinski definition) is 0. The molecule has 2 amide bonds. The Kier molecular flexibility index (Phi) is 5.63. The predicted molar refractivity (Wildman–Crippen MR) is 124 cm³/mol. The first-order valence-corrected chi connectivity index (χ1v) is 12.0. The Morgan fingerprint density at radius 2 is 1.84 bits per heavy atom. The van der Waals surface area contributed by atoms with Crippen LogP contribution in [0.3, 0.4) is 0 Å². The Bertz CT molecular complexity index is 923. The maximum Gasteiger partial charge on any atom is 0.411 e. The second-order valence-corrected chi connectivity index (χ2v) is 10.0. The number of piperidine rings is 2. The van der Waals surface area contributed by atoms with Crippen LogP contribution in [0.2, 0.25) is 0 Å². The highest BCUT2D eigenvalue weighted by atomic mass is 16.6. The van der Waals surface area contributed by atoms with Gasteiger partial charge in [-0.25, -0.2) is 4.79 Å². The third-order valence-electron chi connectivity index (χ3n) is 8.36. The van der Waals surface area contributed by atoms with Gasteiger partial charge in [0, 0.05) is 45.0 Å². The van der Waals surface area contributed by atoms with E-state index in [0.717, 1.165) is 64.7 Å². The van der Waals surface area contributed by atoms with Crippen molar-refractivity contribution in [3.63, 3.8) is 0 Å². The van der Waals surface area contributed by atoms with Crippen LogP contribution >= 0.6 is 0 Å². The van der Waals surface area contributed by atoms with Gasteiger partial charge in [-0.2, -0.15) is 0 Å². The number of benzene rings is 1. The molecule has 0 N–H and O–H groups in total. The summed E-state index contributed by atoms with van der Waals surface area (Å²) in [5.41, 5.74) is 2.82. The summed E-state index contributed by atoms with van der Waals surface area (Å²) < 4.78 is 5.24. The van der Waals surface area contributed by atoms with Crippen LogP contribution in [0.1, 0.15) is 58.0 Å². The highest BCUT2D eigenvalue weighted by molar-refractivity contribution is 5.74. The van der Waals surface area contributed by atoms with E-state index in [1.54, 1.807) is 6.92 Å². The van der Waals surface area contributed by atoms with E-state index in [-0.39, 0.29) is 37.5 Å². The quantitative estimate of drug-likeness (QED) is 0.666. The zero-order valence-electron chi connectivity index (χ0n) is 19.0. The fourth-order valence-corrected chi connectivity index (χ4v) is 6.78. The van der Waals surface area contributed by atoms with Crippen molar-refractivity contribution < 1.29 is 15.8 Å². The van der Waals surface area contributed by atoms with Crippen molar-refractivity contribution in [3.8, 4) is 12.3 Å². The third kappa shape index (κ3) is 3.67. The topological polar surface area (TPSA) is 53.1 Å². The highest BCUT2D eigenvalue weighted by Gasteiger charge is 2.48. The molecule has 2 atom stereocenters. The summed E-state index contributed by atoms with van der Waals surface area (Å²) in [5, 5.41) is 0. The van der Waals surface area contributed by atoms with Gasteiger partial charge >= 0.3 is 6.09 Å². The smallest absolute Gasteiger partial charge is 0.411 e. The summed E-state index contributed by atoms with van der Waals surface area (Å²) in [6, 6.07) is 9.75. The van der Waals surface area contributed by atoms with Crippen LogP contribution in [-0.4, -0.2) is 71.1 Å². The van der Waals surface area contributed by atoms with E-state index in [1.165, 1.54) is 11.1 Å². The normalized spacial score (nSPS) is 28.8. The molecule has 32 heavy (non-hydrogen) atoms. The third-order valence-corrected chi connectivity index (χ3v) is 8.36. The number of terminal acetylenes is 1. The molecule has 4 aliphatic rings. The minimum atomic E-state index is -0.241. The fourth-order valence-electron chi connectivity index (χ4n) is 6.78. The largest absolute Gasteiger partial charge is 0.436 e. The minimum absolute atomic E-state index is 0. The average molecular weight is 438 g/mol. The van der Waals surface area contributed by atoms with E-state index in [2.05, 4.69) is 35.1 Å². The first-order chi connectivity index (χ1) is 15.5. The number of nitrogens with zero attached hydrogens (tertiary/aromatic N) is 3.